The molecule has 1 fully saturated rings. The lowest BCUT2D eigenvalue weighted by Gasteiger charge is -2.34. The lowest BCUT2D eigenvalue weighted by molar-refractivity contribution is -0.133. The second-order valence-corrected chi connectivity index (χ2v) is 8.56. The molecule has 5 rings (SSSR count). The molecule has 0 radical (unpaired) electrons. The third-order valence-corrected chi connectivity index (χ3v) is 6.28. The number of hydrogen-bond acceptors (Lipinski definition) is 4. The van der Waals surface area contributed by atoms with Crippen LogP contribution in [0.4, 0.5) is 4.39 Å². The first kappa shape index (κ1) is 22.0. The van der Waals surface area contributed by atoms with E-state index in [1.807, 2.05) is 23.1 Å². The maximum absolute atomic E-state index is 13.2. The van der Waals surface area contributed by atoms with Gasteiger partial charge in [-0.2, -0.15) is 5.10 Å². The highest BCUT2D eigenvalue weighted by Crippen LogP contribution is 2.19. The van der Waals surface area contributed by atoms with Gasteiger partial charge in [0.15, 0.2) is 0 Å². The second kappa shape index (κ2) is 9.61. The Bertz CT molecular complexity index is 1340. The van der Waals surface area contributed by atoms with E-state index in [1.54, 1.807) is 35.2 Å². The number of hydrogen-bond donors (Lipinski definition) is 0. The SMILES string of the molecule is O=C(CCn1ccn2nc(-c3ccc(F)cc3)cc2c1=O)N1CCN(Cc2ccccc2)CC1. The number of aryl methyl sites for hydroxylation is 1. The Hall–Kier alpha value is -3.78. The molecule has 0 unspecified atom stereocenters. The minimum atomic E-state index is -0.322. The lowest BCUT2D eigenvalue weighted by atomic mass is 10.1. The molecule has 8 heteroatoms. The zero-order valence-corrected chi connectivity index (χ0v) is 18.8. The van der Waals surface area contributed by atoms with Gasteiger partial charge >= 0.3 is 0 Å². The molecule has 3 heterocycles. The largest absolute Gasteiger partial charge is 0.340 e. The van der Waals surface area contributed by atoms with Gasteiger partial charge in [0, 0.05) is 63.6 Å². The minimum absolute atomic E-state index is 0.0617. The summed E-state index contributed by atoms with van der Waals surface area (Å²) in [6, 6.07) is 18.0. The molecule has 0 saturated carbocycles. The maximum atomic E-state index is 13.2. The van der Waals surface area contributed by atoms with Crippen LogP contribution in [0.15, 0.2) is 77.9 Å². The van der Waals surface area contributed by atoms with E-state index in [2.05, 4.69) is 22.1 Å². The van der Waals surface area contributed by atoms with Crippen molar-refractivity contribution in [1.82, 2.24) is 24.0 Å². The maximum Gasteiger partial charge on any atom is 0.276 e. The van der Waals surface area contributed by atoms with Gasteiger partial charge in [0.05, 0.1) is 5.69 Å². The third-order valence-electron chi connectivity index (χ3n) is 6.28. The molecular formula is C26H26FN5O2. The summed E-state index contributed by atoms with van der Waals surface area (Å²) in [5, 5.41) is 4.42. The Morgan fingerprint density at radius 3 is 2.41 bits per heavy atom. The first-order valence-corrected chi connectivity index (χ1v) is 11.5. The fraction of sp³-hybridized carbons (Fsp3) is 0.269. The van der Waals surface area contributed by atoms with Crippen molar-refractivity contribution in [2.24, 2.45) is 0 Å². The van der Waals surface area contributed by atoms with Crippen molar-refractivity contribution in [3.05, 3.63) is 94.8 Å². The number of piperazine rings is 1. The molecule has 0 N–H and O–H groups in total. The van der Waals surface area contributed by atoms with E-state index in [0.29, 0.717) is 30.8 Å². The summed E-state index contributed by atoms with van der Waals surface area (Å²) < 4.78 is 16.3. The minimum Gasteiger partial charge on any atom is -0.340 e. The average Bonchev–Trinajstić information content (AvgIpc) is 3.30. The lowest BCUT2D eigenvalue weighted by Crippen LogP contribution is -2.48. The van der Waals surface area contributed by atoms with Crippen LogP contribution in [0, 0.1) is 5.82 Å². The fourth-order valence-corrected chi connectivity index (χ4v) is 4.34. The molecule has 2 aromatic carbocycles. The molecule has 34 heavy (non-hydrogen) atoms. The molecule has 174 valence electrons. The summed E-state index contributed by atoms with van der Waals surface area (Å²) in [5.74, 6) is -0.260. The van der Waals surface area contributed by atoms with Gasteiger partial charge in [-0.15, -0.1) is 0 Å². The van der Waals surface area contributed by atoms with Crippen molar-refractivity contribution in [3.8, 4) is 11.3 Å². The zero-order chi connectivity index (χ0) is 23.5. The van der Waals surface area contributed by atoms with Gasteiger partial charge in [0.1, 0.15) is 11.3 Å². The Balaban J connectivity index is 1.19. The smallest absolute Gasteiger partial charge is 0.276 e. The number of carbonyl (C=O) groups is 1. The molecule has 1 saturated heterocycles. The molecule has 7 nitrogen and oxygen atoms in total. The third kappa shape index (κ3) is 4.77. The average molecular weight is 460 g/mol. The quantitative estimate of drug-likeness (QED) is 0.445. The van der Waals surface area contributed by atoms with Crippen LogP contribution in [0.3, 0.4) is 0 Å². The van der Waals surface area contributed by atoms with Gasteiger partial charge in [0.25, 0.3) is 5.56 Å². The van der Waals surface area contributed by atoms with Crippen LogP contribution in [0.25, 0.3) is 16.8 Å². The first-order valence-electron chi connectivity index (χ1n) is 11.5. The van der Waals surface area contributed by atoms with Gasteiger partial charge in [-0.3, -0.25) is 14.5 Å². The molecule has 0 spiro atoms. The molecule has 2 aromatic heterocycles. The zero-order valence-electron chi connectivity index (χ0n) is 18.8. The predicted octanol–water partition coefficient (Wildman–Crippen LogP) is 3.04. The number of aromatic nitrogens is 3. The van der Waals surface area contributed by atoms with E-state index >= 15 is 0 Å². The van der Waals surface area contributed by atoms with Gasteiger partial charge < -0.3 is 9.47 Å². The molecule has 0 aliphatic carbocycles. The normalized spacial score (nSPS) is 14.6. The molecule has 1 aliphatic rings. The second-order valence-electron chi connectivity index (χ2n) is 8.56. The Kier molecular flexibility index (Phi) is 6.22. The van der Waals surface area contributed by atoms with Crippen LogP contribution in [0.2, 0.25) is 0 Å². The number of nitrogens with zero attached hydrogens (tertiary/aromatic N) is 5. The number of amides is 1. The summed E-state index contributed by atoms with van der Waals surface area (Å²) in [5.41, 5.74) is 2.82. The predicted molar refractivity (Wildman–Crippen MR) is 128 cm³/mol. The van der Waals surface area contributed by atoms with Crippen LogP contribution >= 0.6 is 0 Å². The van der Waals surface area contributed by atoms with Gasteiger partial charge in [0.2, 0.25) is 5.91 Å². The van der Waals surface area contributed by atoms with Crippen molar-refractivity contribution in [1.29, 1.82) is 0 Å². The topological polar surface area (TPSA) is 62.9 Å². The Labute approximate surface area is 196 Å². The van der Waals surface area contributed by atoms with Gasteiger partial charge in [-0.1, -0.05) is 30.3 Å². The van der Waals surface area contributed by atoms with Crippen molar-refractivity contribution < 1.29 is 9.18 Å². The van der Waals surface area contributed by atoms with Crippen LogP contribution in [-0.4, -0.2) is 56.1 Å². The van der Waals surface area contributed by atoms with E-state index in [-0.39, 0.29) is 23.7 Å². The van der Waals surface area contributed by atoms with Crippen molar-refractivity contribution >= 4 is 11.4 Å². The van der Waals surface area contributed by atoms with E-state index in [1.165, 1.54) is 22.2 Å². The number of rotatable bonds is 6. The Morgan fingerprint density at radius 2 is 1.68 bits per heavy atom. The summed E-state index contributed by atoms with van der Waals surface area (Å²) in [6.07, 6.45) is 3.63. The van der Waals surface area contributed by atoms with E-state index in [4.69, 9.17) is 0 Å². The fourth-order valence-electron chi connectivity index (χ4n) is 4.34. The highest BCUT2D eigenvalue weighted by molar-refractivity contribution is 5.76. The van der Waals surface area contributed by atoms with E-state index in [9.17, 15) is 14.0 Å². The molecule has 0 bridgehead atoms. The van der Waals surface area contributed by atoms with Crippen molar-refractivity contribution in [2.45, 2.75) is 19.5 Å². The highest BCUT2D eigenvalue weighted by atomic mass is 19.1. The van der Waals surface area contributed by atoms with Crippen LogP contribution in [-0.2, 0) is 17.9 Å². The number of fused-ring (bicyclic) bond motifs is 1. The monoisotopic (exact) mass is 459 g/mol. The summed E-state index contributed by atoms with van der Waals surface area (Å²) >= 11 is 0. The van der Waals surface area contributed by atoms with Crippen LogP contribution in [0.5, 0.6) is 0 Å². The van der Waals surface area contributed by atoms with Crippen LogP contribution < -0.4 is 5.56 Å². The Morgan fingerprint density at radius 1 is 0.941 bits per heavy atom. The number of carbonyl (C=O) groups excluding carboxylic acids is 1. The molecule has 1 aliphatic heterocycles. The van der Waals surface area contributed by atoms with E-state index < -0.39 is 0 Å². The number of halogens is 1. The molecule has 0 atom stereocenters. The standard InChI is InChI=1S/C26H26FN5O2/c27-22-8-6-21(7-9-22)23-18-24-26(34)31(16-17-32(24)28-23)11-10-25(33)30-14-12-29(13-15-30)19-20-4-2-1-3-5-20/h1-9,16-18H,10-15,19H2. The van der Waals surface area contributed by atoms with Gasteiger partial charge in [-0.05, 0) is 35.9 Å². The first-order chi connectivity index (χ1) is 16.6. The summed E-state index contributed by atoms with van der Waals surface area (Å²) in [4.78, 5) is 30.0. The molecule has 1 amide bonds. The highest BCUT2D eigenvalue weighted by Gasteiger charge is 2.21. The van der Waals surface area contributed by atoms with Crippen molar-refractivity contribution in [3.63, 3.8) is 0 Å². The van der Waals surface area contributed by atoms with Gasteiger partial charge in [-0.25, -0.2) is 8.91 Å². The van der Waals surface area contributed by atoms with Crippen molar-refractivity contribution in [2.75, 3.05) is 26.2 Å². The summed E-state index contributed by atoms with van der Waals surface area (Å²) in [6.45, 7) is 4.29. The van der Waals surface area contributed by atoms with E-state index in [0.717, 1.165) is 25.2 Å². The summed E-state index contributed by atoms with van der Waals surface area (Å²) in [7, 11) is 0. The number of benzene rings is 2. The molecular weight excluding hydrogens is 433 g/mol. The van der Waals surface area contributed by atoms with Crippen LogP contribution in [0.1, 0.15) is 12.0 Å². The molecule has 4 aromatic rings.